The molecule has 1 aromatic carbocycles. The van der Waals surface area contributed by atoms with Gasteiger partial charge in [-0.05, 0) is 56.0 Å². The van der Waals surface area contributed by atoms with E-state index in [2.05, 4.69) is 20.3 Å². The van der Waals surface area contributed by atoms with Crippen molar-refractivity contribution >= 4 is 40.4 Å². The molecule has 10 heteroatoms. The molecule has 2 heterocycles. The number of aromatic nitrogens is 4. The highest BCUT2D eigenvalue weighted by Gasteiger charge is 2.19. The fourth-order valence-electron chi connectivity index (χ4n) is 2.77. The summed E-state index contributed by atoms with van der Waals surface area (Å²) >= 11 is 5.84. The fraction of sp³-hybridized carbons (Fsp3) is 0.368. The van der Waals surface area contributed by atoms with Crippen molar-refractivity contribution in [3.8, 4) is 0 Å². The molecule has 2 aromatic heterocycles. The Labute approximate surface area is 172 Å². The van der Waals surface area contributed by atoms with Crippen LogP contribution in [0.2, 0.25) is 5.28 Å². The zero-order valence-electron chi connectivity index (χ0n) is 16.2. The number of nitrogens with two attached hydrogens (primary N) is 1. The number of alkyl halides is 1. The summed E-state index contributed by atoms with van der Waals surface area (Å²) < 4.78 is 21.0. The molecular weight excluding hydrogens is 399 g/mol. The van der Waals surface area contributed by atoms with Gasteiger partial charge < -0.3 is 15.0 Å². The lowest BCUT2D eigenvalue weighted by atomic mass is 10.00. The predicted octanol–water partition coefficient (Wildman–Crippen LogP) is 4.30. The third-order valence-electron chi connectivity index (χ3n) is 4.29. The summed E-state index contributed by atoms with van der Waals surface area (Å²) in [6.07, 6.45) is 2.41. The highest BCUT2D eigenvalue weighted by Crippen LogP contribution is 2.26. The number of hydrogen-bond donors (Lipinski definition) is 2. The highest BCUT2D eigenvalue weighted by molar-refractivity contribution is 6.28. The van der Waals surface area contributed by atoms with E-state index >= 15 is 0 Å². The molecule has 3 N–H and O–H groups in total. The number of amides is 1. The smallest absolute Gasteiger partial charge is 0.411 e. The Hall–Kier alpha value is -2.94. The van der Waals surface area contributed by atoms with Gasteiger partial charge in [-0.15, -0.1) is 0 Å². The molecule has 0 radical (unpaired) electrons. The van der Waals surface area contributed by atoms with Crippen molar-refractivity contribution in [2.45, 2.75) is 38.9 Å². The second-order valence-corrected chi connectivity index (χ2v) is 7.35. The van der Waals surface area contributed by atoms with E-state index in [0.29, 0.717) is 35.4 Å². The average molecular weight is 421 g/mol. The van der Waals surface area contributed by atoms with Crippen LogP contribution in [0.15, 0.2) is 30.6 Å². The summed E-state index contributed by atoms with van der Waals surface area (Å²) in [6.45, 7) is 3.77. The number of fused-ring (bicyclic) bond motifs is 1. The van der Waals surface area contributed by atoms with Gasteiger partial charge in [0.2, 0.25) is 5.28 Å². The molecule has 154 valence electrons. The Bertz CT molecular complexity index is 1020. The van der Waals surface area contributed by atoms with Crippen LogP contribution < -0.4 is 11.1 Å². The second-order valence-electron chi connectivity index (χ2n) is 7.01. The summed E-state index contributed by atoms with van der Waals surface area (Å²) in [7, 11) is 0. The molecule has 0 saturated heterocycles. The number of carbonyl (C=O) groups is 1. The number of aryl methyl sites for hydroxylation is 1. The monoisotopic (exact) mass is 420 g/mol. The molecule has 3 aromatic rings. The Balaban J connectivity index is 1.45. The van der Waals surface area contributed by atoms with Crippen molar-refractivity contribution in [2.75, 3.05) is 17.7 Å². The first-order chi connectivity index (χ1) is 13.7. The van der Waals surface area contributed by atoms with Gasteiger partial charge in [0.15, 0.2) is 11.5 Å². The number of halogens is 2. The number of benzene rings is 1. The van der Waals surface area contributed by atoms with Gasteiger partial charge in [0.25, 0.3) is 0 Å². The van der Waals surface area contributed by atoms with Crippen LogP contribution in [-0.2, 0) is 17.0 Å². The Morgan fingerprint density at radius 1 is 1.34 bits per heavy atom. The lowest BCUT2D eigenvalue weighted by molar-refractivity contribution is 0.159. The van der Waals surface area contributed by atoms with Crippen molar-refractivity contribution in [2.24, 2.45) is 0 Å². The first-order valence-electron chi connectivity index (χ1n) is 9.11. The van der Waals surface area contributed by atoms with Crippen LogP contribution in [0.1, 0.15) is 32.3 Å². The summed E-state index contributed by atoms with van der Waals surface area (Å²) in [4.78, 5) is 24.1. The quantitative estimate of drug-likeness (QED) is 0.436. The number of carbonyl (C=O) groups excluding carboxylic acids is 1. The van der Waals surface area contributed by atoms with Gasteiger partial charge in [0, 0.05) is 12.2 Å². The van der Waals surface area contributed by atoms with E-state index in [1.54, 1.807) is 30.6 Å². The molecule has 0 aliphatic heterocycles. The zero-order chi connectivity index (χ0) is 21.0. The van der Waals surface area contributed by atoms with Crippen LogP contribution in [0.25, 0.3) is 11.2 Å². The van der Waals surface area contributed by atoms with Crippen molar-refractivity contribution in [1.82, 2.24) is 19.5 Å². The molecule has 0 fully saturated rings. The molecule has 0 saturated carbocycles. The van der Waals surface area contributed by atoms with Crippen LogP contribution >= 0.6 is 11.6 Å². The molecule has 3 rings (SSSR count). The lowest BCUT2D eigenvalue weighted by Crippen LogP contribution is -2.16. The van der Waals surface area contributed by atoms with Crippen LogP contribution in [0.4, 0.5) is 20.7 Å². The molecule has 0 unspecified atom stereocenters. The number of hydrogen-bond acceptors (Lipinski definition) is 6. The molecule has 0 atom stereocenters. The molecule has 0 aliphatic carbocycles. The molecule has 0 aliphatic rings. The zero-order valence-corrected chi connectivity index (χ0v) is 16.9. The SMILES string of the molecule is CC(C)(F)c1cccc(NC(=O)OCCCCn2cnc3c(N)nc(Cl)nc32)c1. The number of imidazole rings is 1. The number of anilines is 2. The third kappa shape index (κ3) is 5.32. The molecule has 0 bridgehead atoms. The minimum Gasteiger partial charge on any atom is -0.449 e. The number of nitrogen functional groups attached to an aromatic ring is 1. The number of ether oxygens (including phenoxy) is 1. The van der Waals surface area contributed by atoms with Gasteiger partial charge >= 0.3 is 6.09 Å². The third-order valence-corrected chi connectivity index (χ3v) is 4.45. The maximum Gasteiger partial charge on any atom is 0.411 e. The number of rotatable bonds is 7. The van der Waals surface area contributed by atoms with Crippen LogP contribution in [0.3, 0.4) is 0 Å². The maximum atomic E-state index is 14.0. The van der Waals surface area contributed by atoms with E-state index in [9.17, 15) is 9.18 Å². The molecule has 29 heavy (non-hydrogen) atoms. The predicted molar refractivity (Wildman–Crippen MR) is 110 cm³/mol. The standard InChI is InChI=1S/C19H22ClFN6O2/c1-19(2,21)12-6-5-7-13(10-12)24-18(28)29-9-4-3-8-27-11-23-14-15(22)25-17(20)26-16(14)27/h5-7,10-11H,3-4,8-9H2,1-2H3,(H,24,28)(H2,22,25,26). The summed E-state index contributed by atoms with van der Waals surface area (Å²) in [5.41, 5.74) is 6.33. The van der Waals surface area contributed by atoms with Gasteiger partial charge in [-0.2, -0.15) is 9.97 Å². The van der Waals surface area contributed by atoms with Crippen LogP contribution in [-0.4, -0.2) is 32.2 Å². The lowest BCUT2D eigenvalue weighted by Gasteiger charge is -2.16. The van der Waals surface area contributed by atoms with Gasteiger partial charge in [0.05, 0.1) is 12.9 Å². The fourth-order valence-corrected chi connectivity index (χ4v) is 2.94. The van der Waals surface area contributed by atoms with E-state index in [1.807, 2.05) is 4.57 Å². The van der Waals surface area contributed by atoms with Gasteiger partial charge in [-0.3, -0.25) is 5.32 Å². The minimum atomic E-state index is -1.49. The van der Waals surface area contributed by atoms with E-state index in [1.165, 1.54) is 13.8 Å². The Kier molecular flexibility index (Phi) is 6.17. The molecule has 1 amide bonds. The maximum absolute atomic E-state index is 14.0. The van der Waals surface area contributed by atoms with E-state index in [0.717, 1.165) is 6.42 Å². The first-order valence-corrected chi connectivity index (χ1v) is 9.49. The Morgan fingerprint density at radius 3 is 2.90 bits per heavy atom. The van der Waals surface area contributed by atoms with Crippen molar-refractivity contribution in [3.05, 3.63) is 41.4 Å². The molecule has 0 spiro atoms. The molecule has 8 nitrogen and oxygen atoms in total. The van der Waals surface area contributed by atoms with Crippen molar-refractivity contribution < 1.29 is 13.9 Å². The number of unbranched alkanes of at least 4 members (excludes halogenated alkanes) is 1. The number of nitrogens with one attached hydrogen (secondary N) is 1. The summed E-state index contributed by atoms with van der Waals surface area (Å²) in [6, 6.07) is 6.62. The normalized spacial score (nSPS) is 11.6. The van der Waals surface area contributed by atoms with Gasteiger partial charge in [0.1, 0.15) is 11.2 Å². The summed E-state index contributed by atoms with van der Waals surface area (Å²) in [5, 5.41) is 2.67. The first kappa shape index (κ1) is 20.8. The van der Waals surface area contributed by atoms with Gasteiger partial charge in [-0.25, -0.2) is 14.2 Å². The van der Waals surface area contributed by atoms with E-state index in [4.69, 9.17) is 22.1 Å². The second kappa shape index (κ2) is 8.60. The van der Waals surface area contributed by atoms with Crippen molar-refractivity contribution in [1.29, 1.82) is 0 Å². The summed E-state index contributed by atoms with van der Waals surface area (Å²) in [5.74, 6) is 0.235. The van der Waals surface area contributed by atoms with Gasteiger partial charge in [-0.1, -0.05) is 12.1 Å². The number of nitrogens with zero attached hydrogens (tertiary/aromatic N) is 4. The van der Waals surface area contributed by atoms with E-state index in [-0.39, 0.29) is 17.7 Å². The largest absolute Gasteiger partial charge is 0.449 e. The Morgan fingerprint density at radius 2 is 2.14 bits per heavy atom. The van der Waals surface area contributed by atoms with Crippen molar-refractivity contribution in [3.63, 3.8) is 0 Å². The minimum absolute atomic E-state index is 0.0666. The highest BCUT2D eigenvalue weighted by atomic mass is 35.5. The average Bonchev–Trinajstić information content (AvgIpc) is 3.04. The van der Waals surface area contributed by atoms with Crippen LogP contribution in [0, 0.1) is 0 Å². The van der Waals surface area contributed by atoms with Crippen LogP contribution in [0.5, 0.6) is 0 Å². The van der Waals surface area contributed by atoms with E-state index < -0.39 is 11.8 Å². The molecular formula is C19H22ClFN6O2. The topological polar surface area (TPSA) is 108 Å².